The number of hydrogen-bond donors (Lipinski definition) is 1. The van der Waals surface area contributed by atoms with Crippen LogP contribution in [-0.4, -0.2) is 35.3 Å². The molecule has 1 N–H and O–H groups in total. The third-order valence-electron chi connectivity index (χ3n) is 6.40. The molecule has 2 atom stereocenters. The Kier molecular flexibility index (Phi) is 4.98. The molecule has 1 aromatic carbocycles. The van der Waals surface area contributed by atoms with Gasteiger partial charge in [0.2, 0.25) is 5.91 Å². The predicted octanol–water partition coefficient (Wildman–Crippen LogP) is 5.39. The molecule has 1 fully saturated rings. The number of nitrogens with one attached hydrogen (secondary N) is 1. The number of pyridine rings is 1. The van der Waals surface area contributed by atoms with Gasteiger partial charge in [-0.1, -0.05) is 19.1 Å². The van der Waals surface area contributed by atoms with Crippen molar-refractivity contribution in [3.05, 3.63) is 68.6 Å². The maximum Gasteiger partial charge on any atom is 0.236 e. The van der Waals surface area contributed by atoms with Crippen LogP contribution in [0, 0.1) is 5.41 Å². The number of benzene rings is 1. The fourth-order valence-corrected chi connectivity index (χ4v) is 6.13. The van der Waals surface area contributed by atoms with Crippen molar-refractivity contribution in [2.75, 3.05) is 13.7 Å². The van der Waals surface area contributed by atoms with E-state index in [-0.39, 0.29) is 11.8 Å². The number of nitrogens with zero attached hydrogens (tertiary/aromatic N) is 2. The van der Waals surface area contributed by atoms with Gasteiger partial charge in [-0.05, 0) is 56.2 Å². The fraction of sp³-hybridized carbons (Fsp3) is 0.292. The number of carbonyl (C=O) groups is 1. The zero-order valence-corrected chi connectivity index (χ0v) is 19.7. The number of halogens is 1. The molecule has 31 heavy (non-hydrogen) atoms. The van der Waals surface area contributed by atoms with Gasteiger partial charge in [-0.25, -0.2) is 0 Å². The van der Waals surface area contributed by atoms with E-state index in [1.807, 2.05) is 24.4 Å². The van der Waals surface area contributed by atoms with Crippen LogP contribution in [0.2, 0.25) is 0 Å². The third-order valence-corrected chi connectivity index (χ3v) is 8.05. The summed E-state index contributed by atoms with van der Waals surface area (Å²) in [7, 11) is 1.71. The minimum absolute atomic E-state index is 0.0308. The monoisotopic (exact) mass is 495 g/mol. The summed E-state index contributed by atoms with van der Waals surface area (Å²) in [5.41, 5.74) is 3.75. The molecule has 1 amide bonds. The number of amides is 1. The molecular weight excluding hydrogens is 474 g/mol. The van der Waals surface area contributed by atoms with Gasteiger partial charge in [0, 0.05) is 52.6 Å². The van der Waals surface area contributed by atoms with Crippen LogP contribution < -0.4 is 4.74 Å². The van der Waals surface area contributed by atoms with Crippen LogP contribution in [0.15, 0.2) is 52.6 Å². The van der Waals surface area contributed by atoms with E-state index in [9.17, 15) is 4.79 Å². The molecule has 0 unspecified atom stereocenters. The Hall–Kier alpha value is -2.51. The second-order valence-electron chi connectivity index (χ2n) is 8.43. The van der Waals surface area contributed by atoms with E-state index in [4.69, 9.17) is 10.1 Å². The molecule has 0 bridgehead atoms. The zero-order chi connectivity index (χ0) is 21.8. The van der Waals surface area contributed by atoms with E-state index >= 15 is 0 Å². The highest BCUT2D eigenvalue weighted by Gasteiger charge is 2.49. The van der Waals surface area contributed by atoms with Crippen LogP contribution in [0.25, 0.3) is 11.1 Å². The molecule has 158 valence electrons. The van der Waals surface area contributed by atoms with Crippen molar-refractivity contribution in [1.82, 2.24) is 9.88 Å². The molecule has 7 heteroatoms. The number of aromatic nitrogens is 1. The van der Waals surface area contributed by atoms with E-state index in [2.05, 4.69) is 45.4 Å². The van der Waals surface area contributed by atoms with Gasteiger partial charge in [-0.3, -0.25) is 15.2 Å². The highest BCUT2D eigenvalue weighted by atomic mass is 79.9. The molecule has 1 saturated heterocycles. The topological polar surface area (TPSA) is 66.3 Å². The number of rotatable bonds is 3. The second kappa shape index (κ2) is 7.57. The molecule has 4 heterocycles. The summed E-state index contributed by atoms with van der Waals surface area (Å²) >= 11 is 5.14. The van der Waals surface area contributed by atoms with Crippen molar-refractivity contribution in [1.29, 1.82) is 5.41 Å². The smallest absolute Gasteiger partial charge is 0.236 e. The molecule has 0 radical (unpaired) electrons. The van der Waals surface area contributed by atoms with Crippen LogP contribution in [0.5, 0.6) is 5.75 Å². The molecule has 2 aromatic heterocycles. The van der Waals surface area contributed by atoms with Gasteiger partial charge in [0.05, 0.1) is 12.5 Å². The Morgan fingerprint density at radius 2 is 2.10 bits per heavy atom. The van der Waals surface area contributed by atoms with Crippen molar-refractivity contribution in [2.24, 2.45) is 0 Å². The van der Waals surface area contributed by atoms with Crippen molar-refractivity contribution in [3.8, 4) is 16.9 Å². The van der Waals surface area contributed by atoms with Crippen molar-refractivity contribution < 1.29 is 9.53 Å². The molecule has 0 aliphatic carbocycles. The lowest BCUT2D eigenvalue weighted by atomic mass is 9.66. The molecule has 0 spiro atoms. The summed E-state index contributed by atoms with van der Waals surface area (Å²) in [6, 6.07) is 10.3. The van der Waals surface area contributed by atoms with Crippen LogP contribution in [0.3, 0.4) is 0 Å². The number of amidine groups is 1. The van der Waals surface area contributed by atoms with E-state index in [0.717, 1.165) is 43.8 Å². The van der Waals surface area contributed by atoms with Gasteiger partial charge in [-0.2, -0.15) is 0 Å². The summed E-state index contributed by atoms with van der Waals surface area (Å²) in [5, 5.41) is 10.6. The Labute approximate surface area is 193 Å². The molecule has 2 aliphatic heterocycles. The lowest BCUT2D eigenvalue weighted by Crippen LogP contribution is -2.51. The largest absolute Gasteiger partial charge is 0.493 e. The van der Waals surface area contributed by atoms with Crippen molar-refractivity contribution >= 4 is 39.0 Å². The molecular formula is C24H22BrN3O2S. The number of hydrogen-bond acceptors (Lipinski definition) is 5. The molecule has 2 aliphatic rings. The number of ether oxygens (including phenoxy) is 1. The first-order valence-corrected chi connectivity index (χ1v) is 11.8. The summed E-state index contributed by atoms with van der Waals surface area (Å²) in [6.45, 7) is 2.81. The Bertz CT molecular complexity index is 1210. The van der Waals surface area contributed by atoms with Gasteiger partial charge in [-0.15, -0.1) is 11.3 Å². The third kappa shape index (κ3) is 3.40. The van der Waals surface area contributed by atoms with Gasteiger partial charge in [0.1, 0.15) is 11.6 Å². The fourth-order valence-electron chi connectivity index (χ4n) is 4.65. The first-order valence-electron chi connectivity index (χ1n) is 10.2. The lowest BCUT2D eigenvalue weighted by molar-refractivity contribution is -0.131. The average molecular weight is 496 g/mol. The number of fused-ring (bicyclic) bond motifs is 1. The average Bonchev–Trinajstić information content (AvgIpc) is 3.42. The van der Waals surface area contributed by atoms with Crippen LogP contribution in [0.1, 0.15) is 35.3 Å². The summed E-state index contributed by atoms with van der Waals surface area (Å²) < 4.78 is 6.60. The first kappa shape index (κ1) is 20.4. The Morgan fingerprint density at radius 3 is 2.90 bits per heavy atom. The molecule has 5 nitrogen and oxygen atoms in total. The number of piperidine rings is 1. The second-order valence-corrected chi connectivity index (χ2v) is 10.3. The van der Waals surface area contributed by atoms with E-state index < -0.39 is 5.41 Å². The molecule has 5 rings (SSSR count). The maximum atomic E-state index is 13.5. The van der Waals surface area contributed by atoms with Gasteiger partial charge >= 0.3 is 0 Å². The molecule has 0 saturated carbocycles. The van der Waals surface area contributed by atoms with Crippen LogP contribution >= 0.6 is 27.3 Å². The minimum Gasteiger partial charge on any atom is -0.493 e. The van der Waals surface area contributed by atoms with Crippen molar-refractivity contribution in [3.63, 3.8) is 0 Å². The SMILES string of the molecule is CN1C(=N)C[C@](C)(c2cc(-c3cncc(Br)c3)cs2)[C@@H](c2ccc3c(c2)CCO3)C1=O. The maximum absolute atomic E-state index is 13.5. The number of carbonyl (C=O) groups excluding carboxylic acids is 1. The molecule has 3 aromatic rings. The zero-order valence-electron chi connectivity index (χ0n) is 17.3. The van der Waals surface area contributed by atoms with Crippen LogP contribution in [-0.2, 0) is 16.6 Å². The summed E-state index contributed by atoms with van der Waals surface area (Å²) in [6.07, 6.45) is 4.98. The predicted molar refractivity (Wildman–Crippen MR) is 126 cm³/mol. The first-order chi connectivity index (χ1) is 14.9. The number of thiophene rings is 1. The van der Waals surface area contributed by atoms with E-state index in [1.165, 1.54) is 4.90 Å². The minimum atomic E-state index is -0.503. The standard InChI is InChI=1S/C24H22BrN3O2S/c1-24(20-9-17(13-31-20)16-8-18(25)12-27-11-16)10-21(26)28(2)23(29)22(24)15-3-4-19-14(7-15)5-6-30-19/h3-4,7-9,11-13,22,26H,5-6,10H2,1-2H3/t22-,24+/m0/s1. The normalized spacial score (nSPS) is 23.1. The van der Waals surface area contributed by atoms with Gasteiger partial charge in [0.15, 0.2) is 0 Å². The van der Waals surface area contributed by atoms with Crippen LogP contribution in [0.4, 0.5) is 0 Å². The number of likely N-dealkylation sites (N-methyl/N-ethyl adjacent to an activating group) is 1. The summed E-state index contributed by atoms with van der Waals surface area (Å²) in [5.74, 6) is 0.879. The quantitative estimate of drug-likeness (QED) is 0.529. The highest BCUT2D eigenvalue weighted by Crippen LogP contribution is 2.49. The van der Waals surface area contributed by atoms with Gasteiger partial charge in [0.25, 0.3) is 0 Å². The van der Waals surface area contributed by atoms with E-state index in [1.54, 1.807) is 24.6 Å². The summed E-state index contributed by atoms with van der Waals surface area (Å²) in [4.78, 5) is 20.4. The van der Waals surface area contributed by atoms with Gasteiger partial charge < -0.3 is 9.64 Å². The Balaban J connectivity index is 1.60. The van der Waals surface area contributed by atoms with Crippen molar-refractivity contribution in [2.45, 2.75) is 31.1 Å². The lowest BCUT2D eigenvalue weighted by Gasteiger charge is -2.44. The Morgan fingerprint density at radius 1 is 1.26 bits per heavy atom. The van der Waals surface area contributed by atoms with E-state index in [0.29, 0.717) is 18.9 Å². The number of likely N-dealkylation sites (tertiary alicyclic amines) is 1. The highest BCUT2D eigenvalue weighted by molar-refractivity contribution is 9.10.